The molecule has 1 aromatic rings. The highest BCUT2D eigenvalue weighted by Crippen LogP contribution is 2.42. The average molecular weight is 265 g/mol. The molecule has 3 heteroatoms. The zero-order valence-electron chi connectivity index (χ0n) is 11.0. The predicted molar refractivity (Wildman–Crippen MR) is 78.7 cm³/mol. The normalized spacial score (nSPS) is 22.2. The zero-order chi connectivity index (χ0) is 12.6. The summed E-state index contributed by atoms with van der Waals surface area (Å²) in [5, 5.41) is 4.44. The monoisotopic (exact) mass is 264 g/mol. The third kappa shape index (κ3) is 2.18. The predicted octanol–water partition coefficient (Wildman–Crippen LogP) is 4.15. The lowest BCUT2D eigenvalue weighted by Gasteiger charge is -2.38. The lowest BCUT2D eigenvalue weighted by atomic mass is 9.74. The van der Waals surface area contributed by atoms with E-state index < -0.39 is 0 Å². The van der Waals surface area contributed by atoms with Crippen LogP contribution in [0.1, 0.15) is 32.1 Å². The fraction of sp³-hybridized carbons (Fsp3) is 0.600. The molecule has 0 radical (unpaired) electrons. The first-order valence-corrected chi connectivity index (χ1v) is 7.31. The summed E-state index contributed by atoms with van der Waals surface area (Å²) in [6.45, 7) is 2.25. The van der Waals surface area contributed by atoms with Gasteiger partial charge in [-0.15, -0.1) is 0 Å². The molecule has 1 fully saturated rings. The molecule has 98 valence electrons. The number of fused-ring (bicyclic) bond motifs is 1. The number of nitrogens with one attached hydrogen (secondary N) is 1. The Hall–Kier alpha value is -0.890. The summed E-state index contributed by atoms with van der Waals surface area (Å²) < 4.78 is 0. The molecule has 1 spiro atoms. The van der Waals surface area contributed by atoms with Crippen LogP contribution in [-0.4, -0.2) is 20.1 Å². The molecule has 0 atom stereocenters. The van der Waals surface area contributed by atoms with E-state index in [9.17, 15) is 0 Å². The van der Waals surface area contributed by atoms with Crippen LogP contribution in [-0.2, 0) is 0 Å². The molecular formula is C15H21ClN2. The fourth-order valence-corrected chi connectivity index (χ4v) is 3.72. The van der Waals surface area contributed by atoms with E-state index in [2.05, 4.69) is 29.4 Å². The molecule has 1 heterocycles. The number of hydrogen-bond acceptors (Lipinski definition) is 2. The van der Waals surface area contributed by atoms with Crippen molar-refractivity contribution in [3.05, 3.63) is 23.2 Å². The van der Waals surface area contributed by atoms with Gasteiger partial charge >= 0.3 is 0 Å². The van der Waals surface area contributed by atoms with E-state index in [0.717, 1.165) is 18.1 Å². The van der Waals surface area contributed by atoms with Crippen LogP contribution in [0, 0.1) is 5.41 Å². The van der Waals surface area contributed by atoms with E-state index in [1.165, 1.54) is 43.5 Å². The summed E-state index contributed by atoms with van der Waals surface area (Å²) in [6, 6.07) is 6.17. The van der Waals surface area contributed by atoms with Gasteiger partial charge in [0.25, 0.3) is 0 Å². The third-order valence-electron chi connectivity index (χ3n) is 4.51. The summed E-state index contributed by atoms with van der Waals surface area (Å²) in [5.41, 5.74) is 2.92. The Morgan fingerprint density at radius 3 is 2.78 bits per heavy atom. The van der Waals surface area contributed by atoms with Gasteiger partial charge in [0.05, 0.1) is 11.4 Å². The van der Waals surface area contributed by atoms with E-state index in [0.29, 0.717) is 5.41 Å². The van der Waals surface area contributed by atoms with E-state index in [1.807, 2.05) is 6.07 Å². The molecule has 0 saturated heterocycles. The maximum atomic E-state index is 6.10. The average Bonchev–Trinajstić information content (AvgIpc) is 2.49. The molecule has 0 amide bonds. The van der Waals surface area contributed by atoms with Gasteiger partial charge in [-0.05, 0) is 31.0 Å². The number of anilines is 2. The first kappa shape index (κ1) is 12.2. The van der Waals surface area contributed by atoms with Crippen molar-refractivity contribution in [2.45, 2.75) is 32.1 Å². The van der Waals surface area contributed by atoms with Crippen LogP contribution in [0.2, 0.25) is 5.02 Å². The molecule has 3 rings (SSSR count). The number of hydrogen-bond donors (Lipinski definition) is 1. The van der Waals surface area contributed by atoms with Gasteiger partial charge in [0.15, 0.2) is 0 Å². The SMILES string of the molecule is CN1CC2(CCCCC2)CNc2cc(Cl)ccc21. The summed E-state index contributed by atoms with van der Waals surface area (Å²) in [5.74, 6) is 0. The molecule has 0 unspecified atom stereocenters. The van der Waals surface area contributed by atoms with Crippen molar-refractivity contribution in [1.29, 1.82) is 0 Å². The first-order chi connectivity index (χ1) is 8.69. The van der Waals surface area contributed by atoms with Crippen molar-refractivity contribution in [2.75, 3.05) is 30.4 Å². The minimum atomic E-state index is 0.457. The summed E-state index contributed by atoms with van der Waals surface area (Å²) in [6.07, 6.45) is 6.88. The second-order valence-electron chi connectivity index (χ2n) is 5.93. The second kappa shape index (κ2) is 4.65. The maximum absolute atomic E-state index is 6.10. The van der Waals surface area contributed by atoms with Crippen molar-refractivity contribution in [1.82, 2.24) is 0 Å². The number of rotatable bonds is 0. The minimum Gasteiger partial charge on any atom is -0.383 e. The lowest BCUT2D eigenvalue weighted by Crippen LogP contribution is -2.40. The van der Waals surface area contributed by atoms with Gasteiger partial charge in [-0.3, -0.25) is 0 Å². The lowest BCUT2D eigenvalue weighted by molar-refractivity contribution is 0.215. The highest BCUT2D eigenvalue weighted by atomic mass is 35.5. The smallest absolute Gasteiger partial charge is 0.0600 e. The van der Waals surface area contributed by atoms with E-state index in [4.69, 9.17) is 11.6 Å². The molecule has 1 aromatic carbocycles. The summed E-state index contributed by atoms with van der Waals surface area (Å²) in [7, 11) is 2.20. The molecule has 1 aliphatic heterocycles. The van der Waals surface area contributed by atoms with Crippen molar-refractivity contribution in [3.8, 4) is 0 Å². The van der Waals surface area contributed by atoms with Gasteiger partial charge in [-0.2, -0.15) is 0 Å². The van der Waals surface area contributed by atoms with Gasteiger partial charge in [0.1, 0.15) is 0 Å². The van der Waals surface area contributed by atoms with Crippen LogP contribution in [0.4, 0.5) is 11.4 Å². The van der Waals surface area contributed by atoms with Crippen LogP contribution in [0.3, 0.4) is 0 Å². The number of benzene rings is 1. The topological polar surface area (TPSA) is 15.3 Å². The van der Waals surface area contributed by atoms with E-state index in [-0.39, 0.29) is 0 Å². The summed E-state index contributed by atoms with van der Waals surface area (Å²) in [4.78, 5) is 2.40. The molecular weight excluding hydrogens is 244 g/mol. The Kier molecular flexibility index (Phi) is 3.14. The Labute approximate surface area is 114 Å². The van der Waals surface area contributed by atoms with Crippen LogP contribution in [0.5, 0.6) is 0 Å². The zero-order valence-corrected chi connectivity index (χ0v) is 11.8. The van der Waals surface area contributed by atoms with Crippen molar-refractivity contribution >= 4 is 23.0 Å². The van der Waals surface area contributed by atoms with Gasteiger partial charge in [-0.1, -0.05) is 30.9 Å². The third-order valence-corrected chi connectivity index (χ3v) is 4.75. The van der Waals surface area contributed by atoms with Gasteiger partial charge < -0.3 is 10.2 Å². The molecule has 18 heavy (non-hydrogen) atoms. The molecule has 0 bridgehead atoms. The highest BCUT2D eigenvalue weighted by molar-refractivity contribution is 6.31. The number of halogens is 1. The van der Waals surface area contributed by atoms with Crippen LogP contribution in [0.15, 0.2) is 18.2 Å². The Morgan fingerprint density at radius 2 is 2.00 bits per heavy atom. The van der Waals surface area contributed by atoms with Crippen LogP contribution < -0.4 is 10.2 Å². The first-order valence-electron chi connectivity index (χ1n) is 6.93. The highest BCUT2D eigenvalue weighted by Gasteiger charge is 2.35. The molecule has 1 aliphatic carbocycles. The Bertz CT molecular complexity index is 438. The number of nitrogens with zero attached hydrogens (tertiary/aromatic N) is 1. The molecule has 1 N–H and O–H groups in total. The Morgan fingerprint density at radius 1 is 1.22 bits per heavy atom. The van der Waals surface area contributed by atoms with Crippen LogP contribution in [0.25, 0.3) is 0 Å². The van der Waals surface area contributed by atoms with Gasteiger partial charge in [-0.25, -0.2) is 0 Å². The molecule has 1 saturated carbocycles. The molecule has 2 nitrogen and oxygen atoms in total. The standard InChI is InChI=1S/C15H21ClN2/c1-18-11-15(7-3-2-4-8-15)10-17-13-9-12(16)5-6-14(13)18/h5-6,9,17H,2-4,7-8,10-11H2,1H3. The van der Waals surface area contributed by atoms with Crippen LogP contribution >= 0.6 is 11.6 Å². The van der Waals surface area contributed by atoms with Gasteiger partial charge in [0, 0.05) is 30.6 Å². The quantitative estimate of drug-likeness (QED) is 0.757. The Balaban J connectivity index is 1.90. The van der Waals surface area contributed by atoms with Gasteiger partial charge in [0.2, 0.25) is 0 Å². The molecule has 0 aromatic heterocycles. The largest absolute Gasteiger partial charge is 0.383 e. The van der Waals surface area contributed by atoms with E-state index in [1.54, 1.807) is 0 Å². The molecule has 2 aliphatic rings. The van der Waals surface area contributed by atoms with Crippen molar-refractivity contribution < 1.29 is 0 Å². The van der Waals surface area contributed by atoms with Crippen molar-refractivity contribution in [3.63, 3.8) is 0 Å². The van der Waals surface area contributed by atoms with Crippen molar-refractivity contribution in [2.24, 2.45) is 5.41 Å². The minimum absolute atomic E-state index is 0.457. The fourth-order valence-electron chi connectivity index (χ4n) is 3.55. The van der Waals surface area contributed by atoms with E-state index >= 15 is 0 Å². The second-order valence-corrected chi connectivity index (χ2v) is 6.37. The maximum Gasteiger partial charge on any atom is 0.0600 e. The summed E-state index contributed by atoms with van der Waals surface area (Å²) >= 11 is 6.10.